The number of nitrogens with two attached hydrogens (primary N) is 1. The number of ether oxygens (including phenoxy) is 2. The van der Waals surface area contributed by atoms with Crippen LogP contribution in [0.4, 0.5) is 17.1 Å². The van der Waals surface area contributed by atoms with E-state index in [4.69, 9.17) is 15.2 Å². The van der Waals surface area contributed by atoms with Gasteiger partial charge >= 0.3 is 0 Å². The van der Waals surface area contributed by atoms with Crippen molar-refractivity contribution in [2.24, 2.45) is 5.73 Å². The maximum atomic E-state index is 12.1. The third-order valence-electron chi connectivity index (χ3n) is 6.73. The predicted octanol–water partition coefficient (Wildman–Crippen LogP) is 6.59. The van der Waals surface area contributed by atoms with E-state index in [1.165, 1.54) is 0 Å². The summed E-state index contributed by atoms with van der Waals surface area (Å²) < 4.78 is 11.0. The Morgan fingerprint density at radius 1 is 0.630 bits per heavy atom. The SMILES string of the molecule is CCOc1ccc(C(C)(C)C)cc1NC(=O)CCC(N)=O.CCOc1ccccc1NC(=O)CCC(=O)Nc1ccccc1CC. The minimum atomic E-state index is -0.487. The Balaban J connectivity index is 0.000000326. The van der Waals surface area contributed by atoms with Crippen molar-refractivity contribution in [2.75, 3.05) is 29.2 Å². The van der Waals surface area contributed by atoms with Crippen molar-refractivity contribution in [3.8, 4) is 11.5 Å². The van der Waals surface area contributed by atoms with E-state index in [1.54, 1.807) is 12.1 Å². The highest BCUT2D eigenvalue weighted by Gasteiger charge is 2.17. The average Bonchev–Trinajstić information content (AvgIpc) is 3.01. The molecular weight excluding hydrogens is 584 g/mol. The van der Waals surface area contributed by atoms with Gasteiger partial charge in [0, 0.05) is 31.4 Å². The fourth-order valence-corrected chi connectivity index (χ4v) is 4.28. The molecule has 248 valence electrons. The maximum Gasteiger partial charge on any atom is 0.224 e. The molecule has 0 spiro atoms. The topological polar surface area (TPSA) is 149 Å². The van der Waals surface area contributed by atoms with Crippen LogP contribution < -0.4 is 31.2 Å². The molecule has 0 aliphatic rings. The van der Waals surface area contributed by atoms with Crippen LogP contribution in [0.2, 0.25) is 0 Å². The Bertz CT molecular complexity index is 1460. The van der Waals surface area contributed by atoms with Crippen LogP contribution in [0.1, 0.15) is 78.4 Å². The van der Waals surface area contributed by atoms with Crippen molar-refractivity contribution < 1.29 is 28.7 Å². The summed E-state index contributed by atoms with van der Waals surface area (Å²) in [6, 6.07) is 20.7. The number of para-hydroxylation sites is 3. The summed E-state index contributed by atoms with van der Waals surface area (Å²) in [5.74, 6) is 0.122. The third kappa shape index (κ3) is 13.0. The first-order chi connectivity index (χ1) is 21.9. The molecule has 5 N–H and O–H groups in total. The van der Waals surface area contributed by atoms with E-state index in [2.05, 4.69) is 36.7 Å². The molecule has 0 saturated carbocycles. The standard InChI is InChI=1S/C20H24N2O3.C16H24N2O3/c1-3-15-9-5-6-10-16(15)21-19(23)13-14-20(24)22-17-11-7-8-12-18(17)25-4-2;1-5-21-13-7-6-11(16(2,3)4)10-12(13)18-15(20)9-8-14(17)19/h5-12H,3-4,13-14H2,1-2H3,(H,21,23)(H,22,24);6-7,10H,5,8-9H2,1-4H3,(H2,17,19)(H,18,20). The molecule has 0 bridgehead atoms. The van der Waals surface area contributed by atoms with E-state index in [-0.39, 0.29) is 48.8 Å². The second-order valence-corrected chi connectivity index (χ2v) is 11.4. The minimum Gasteiger partial charge on any atom is -0.492 e. The van der Waals surface area contributed by atoms with Gasteiger partial charge in [0.15, 0.2) is 0 Å². The Morgan fingerprint density at radius 3 is 1.65 bits per heavy atom. The van der Waals surface area contributed by atoms with Gasteiger partial charge in [-0.3, -0.25) is 19.2 Å². The van der Waals surface area contributed by atoms with Gasteiger partial charge in [0.05, 0.1) is 24.6 Å². The number of nitrogens with one attached hydrogen (secondary N) is 3. The number of hydrogen-bond donors (Lipinski definition) is 4. The highest BCUT2D eigenvalue weighted by molar-refractivity contribution is 5.98. The first-order valence-electron chi connectivity index (χ1n) is 15.6. The number of hydrogen-bond acceptors (Lipinski definition) is 6. The molecule has 3 rings (SSSR count). The quantitative estimate of drug-likeness (QED) is 0.158. The largest absolute Gasteiger partial charge is 0.492 e. The molecule has 10 nitrogen and oxygen atoms in total. The van der Waals surface area contributed by atoms with Crippen molar-refractivity contribution in [3.05, 3.63) is 77.9 Å². The van der Waals surface area contributed by atoms with E-state index in [1.807, 2.05) is 75.4 Å². The molecule has 3 aromatic carbocycles. The van der Waals surface area contributed by atoms with E-state index in [0.717, 1.165) is 23.2 Å². The van der Waals surface area contributed by atoms with E-state index >= 15 is 0 Å². The van der Waals surface area contributed by atoms with Crippen LogP contribution in [-0.4, -0.2) is 36.8 Å². The van der Waals surface area contributed by atoms with Gasteiger partial charge in [-0.1, -0.05) is 64.1 Å². The van der Waals surface area contributed by atoms with Crippen molar-refractivity contribution in [3.63, 3.8) is 0 Å². The normalized spacial score (nSPS) is 10.6. The molecular formula is C36H48N4O6. The Kier molecular flexibility index (Phi) is 15.3. The van der Waals surface area contributed by atoms with E-state index in [9.17, 15) is 19.2 Å². The lowest BCUT2D eigenvalue weighted by molar-refractivity contribution is -0.122. The summed E-state index contributed by atoms with van der Waals surface area (Å²) in [4.78, 5) is 46.8. The maximum absolute atomic E-state index is 12.1. The van der Waals surface area contributed by atoms with Crippen LogP contribution in [0, 0.1) is 0 Å². The molecule has 0 heterocycles. The van der Waals surface area contributed by atoms with Crippen LogP contribution in [0.5, 0.6) is 11.5 Å². The van der Waals surface area contributed by atoms with Gasteiger partial charge in [-0.25, -0.2) is 0 Å². The van der Waals surface area contributed by atoms with Crippen molar-refractivity contribution in [1.29, 1.82) is 0 Å². The molecule has 0 radical (unpaired) electrons. The van der Waals surface area contributed by atoms with Crippen molar-refractivity contribution in [2.45, 2.75) is 79.1 Å². The molecule has 10 heteroatoms. The van der Waals surface area contributed by atoms with Gasteiger partial charge in [-0.2, -0.15) is 0 Å². The van der Waals surface area contributed by atoms with Gasteiger partial charge < -0.3 is 31.2 Å². The second kappa shape index (κ2) is 18.8. The van der Waals surface area contributed by atoms with Crippen LogP contribution >= 0.6 is 0 Å². The van der Waals surface area contributed by atoms with Crippen molar-refractivity contribution in [1.82, 2.24) is 0 Å². The number of anilines is 3. The first kappa shape index (κ1) is 37.3. The van der Waals surface area contributed by atoms with Crippen molar-refractivity contribution >= 4 is 40.7 Å². The number of aryl methyl sites for hydroxylation is 1. The number of amides is 4. The van der Waals surface area contributed by atoms with Gasteiger partial charge in [0.25, 0.3) is 0 Å². The summed E-state index contributed by atoms with van der Waals surface area (Å²) in [7, 11) is 0. The zero-order valence-corrected chi connectivity index (χ0v) is 27.8. The van der Waals surface area contributed by atoms with E-state index in [0.29, 0.717) is 36.1 Å². The average molecular weight is 633 g/mol. The Labute approximate surface area is 272 Å². The highest BCUT2D eigenvalue weighted by atomic mass is 16.5. The van der Waals surface area contributed by atoms with Gasteiger partial charge in [0.1, 0.15) is 11.5 Å². The van der Waals surface area contributed by atoms with Crippen LogP contribution in [0.15, 0.2) is 66.7 Å². The number of primary amides is 1. The summed E-state index contributed by atoms with van der Waals surface area (Å²) in [5.41, 5.74) is 9.23. The minimum absolute atomic E-state index is 0.0303. The molecule has 0 aliphatic heterocycles. The fraction of sp³-hybridized carbons (Fsp3) is 0.389. The Hall–Kier alpha value is -4.86. The van der Waals surface area contributed by atoms with Gasteiger partial charge in [0.2, 0.25) is 23.6 Å². The molecule has 4 amide bonds. The Morgan fingerprint density at radius 2 is 1.11 bits per heavy atom. The summed E-state index contributed by atoms with van der Waals surface area (Å²) >= 11 is 0. The lowest BCUT2D eigenvalue weighted by atomic mass is 9.87. The molecule has 0 atom stereocenters. The van der Waals surface area contributed by atoms with Crippen LogP contribution in [0.3, 0.4) is 0 Å². The lowest BCUT2D eigenvalue weighted by Crippen LogP contribution is -2.18. The monoisotopic (exact) mass is 632 g/mol. The number of carbonyl (C=O) groups excluding carboxylic acids is 4. The van der Waals surface area contributed by atoms with Crippen LogP contribution in [0.25, 0.3) is 0 Å². The summed E-state index contributed by atoms with van der Waals surface area (Å²) in [6.07, 6.45) is 1.18. The fourth-order valence-electron chi connectivity index (χ4n) is 4.28. The molecule has 3 aromatic rings. The number of carbonyl (C=O) groups is 4. The molecule has 0 unspecified atom stereocenters. The smallest absolute Gasteiger partial charge is 0.224 e. The lowest BCUT2D eigenvalue weighted by Gasteiger charge is -2.21. The predicted molar refractivity (Wildman–Crippen MR) is 183 cm³/mol. The molecule has 46 heavy (non-hydrogen) atoms. The van der Waals surface area contributed by atoms with E-state index < -0.39 is 5.91 Å². The molecule has 0 fully saturated rings. The number of rotatable bonds is 14. The summed E-state index contributed by atoms with van der Waals surface area (Å²) in [6.45, 7) is 13.1. The summed E-state index contributed by atoms with van der Waals surface area (Å²) in [5, 5.41) is 8.45. The number of benzene rings is 3. The zero-order valence-electron chi connectivity index (χ0n) is 27.8. The second-order valence-electron chi connectivity index (χ2n) is 11.4. The molecule has 0 saturated heterocycles. The highest BCUT2D eigenvalue weighted by Crippen LogP contribution is 2.32. The molecule has 0 aromatic heterocycles. The molecule has 0 aliphatic carbocycles. The van der Waals surface area contributed by atoms with Gasteiger partial charge in [-0.15, -0.1) is 0 Å². The third-order valence-corrected chi connectivity index (χ3v) is 6.73. The zero-order chi connectivity index (χ0) is 34.1. The van der Waals surface area contributed by atoms with Crippen LogP contribution in [-0.2, 0) is 31.0 Å². The van der Waals surface area contributed by atoms with Gasteiger partial charge in [-0.05, 0) is 67.1 Å². The first-order valence-corrected chi connectivity index (χ1v) is 15.6.